The lowest BCUT2D eigenvalue weighted by atomic mass is 9.72. The van der Waals surface area contributed by atoms with Gasteiger partial charge in [0.15, 0.2) is 0 Å². The van der Waals surface area contributed by atoms with Crippen LogP contribution < -0.4 is 5.32 Å². The highest BCUT2D eigenvalue weighted by Gasteiger charge is 2.35. The Morgan fingerprint density at radius 2 is 2.19 bits per heavy atom. The molecule has 1 N–H and O–H groups in total. The zero-order valence-electron chi connectivity index (χ0n) is 13.8. The molecule has 3 heteroatoms. The molecule has 3 rings (SSSR count). The third-order valence-corrected chi connectivity index (χ3v) is 6.52. The van der Waals surface area contributed by atoms with Crippen LogP contribution in [-0.2, 0) is 13.0 Å². The van der Waals surface area contributed by atoms with Gasteiger partial charge in [0.2, 0.25) is 0 Å². The van der Waals surface area contributed by atoms with Crippen molar-refractivity contribution in [3.63, 3.8) is 0 Å². The minimum atomic E-state index is 0.720. The van der Waals surface area contributed by atoms with E-state index in [1.54, 1.807) is 10.4 Å². The van der Waals surface area contributed by atoms with Crippen molar-refractivity contribution < 1.29 is 0 Å². The standard InChI is InChI=1S/C18H30N2S/c1-4-19-17-10-13(2)9-14(3)16(17)12-20-7-5-18-15(11-20)6-8-21-18/h6,8,13-14,16-17,19H,4-5,7,9-12H2,1-3H3. The smallest absolute Gasteiger partial charge is 0.0245 e. The van der Waals surface area contributed by atoms with Crippen molar-refractivity contribution in [2.45, 2.75) is 52.6 Å². The molecule has 21 heavy (non-hydrogen) atoms. The van der Waals surface area contributed by atoms with Gasteiger partial charge in [-0.3, -0.25) is 4.90 Å². The number of nitrogens with zero attached hydrogens (tertiary/aromatic N) is 1. The summed E-state index contributed by atoms with van der Waals surface area (Å²) in [5, 5.41) is 6.04. The predicted molar refractivity (Wildman–Crippen MR) is 91.8 cm³/mol. The molecule has 2 nitrogen and oxygen atoms in total. The summed E-state index contributed by atoms with van der Waals surface area (Å²) in [6.45, 7) is 12.0. The molecule has 0 amide bonds. The number of fused-ring (bicyclic) bond motifs is 1. The fraction of sp³-hybridized carbons (Fsp3) is 0.778. The number of hydrogen-bond acceptors (Lipinski definition) is 3. The summed E-state index contributed by atoms with van der Waals surface area (Å²) >= 11 is 1.94. The van der Waals surface area contributed by atoms with Gasteiger partial charge in [-0.2, -0.15) is 0 Å². The molecule has 0 saturated heterocycles. The van der Waals surface area contributed by atoms with Crippen LogP contribution in [0.1, 0.15) is 44.1 Å². The zero-order chi connectivity index (χ0) is 14.8. The predicted octanol–water partition coefficient (Wildman–Crippen LogP) is 3.77. The van der Waals surface area contributed by atoms with Crippen LogP contribution in [0.25, 0.3) is 0 Å². The Labute approximate surface area is 133 Å². The maximum Gasteiger partial charge on any atom is 0.0245 e. The molecule has 1 aromatic rings. The van der Waals surface area contributed by atoms with E-state index in [2.05, 4.69) is 42.4 Å². The van der Waals surface area contributed by atoms with Gasteiger partial charge in [-0.05, 0) is 60.6 Å². The molecule has 1 aliphatic carbocycles. The van der Waals surface area contributed by atoms with Crippen molar-refractivity contribution in [2.75, 3.05) is 19.6 Å². The minimum absolute atomic E-state index is 0.720. The molecule has 2 aliphatic rings. The largest absolute Gasteiger partial charge is 0.314 e. The van der Waals surface area contributed by atoms with Crippen molar-refractivity contribution in [3.05, 3.63) is 21.9 Å². The number of nitrogens with one attached hydrogen (secondary N) is 1. The summed E-state index contributed by atoms with van der Waals surface area (Å²) < 4.78 is 0. The summed E-state index contributed by atoms with van der Waals surface area (Å²) in [4.78, 5) is 4.33. The Morgan fingerprint density at radius 3 is 3.00 bits per heavy atom. The SMILES string of the molecule is CCNC1CC(C)CC(C)C1CN1CCc2sccc2C1. The first-order chi connectivity index (χ1) is 10.2. The summed E-state index contributed by atoms with van der Waals surface area (Å²) in [7, 11) is 0. The van der Waals surface area contributed by atoms with E-state index in [-0.39, 0.29) is 0 Å². The number of hydrogen-bond donors (Lipinski definition) is 1. The van der Waals surface area contributed by atoms with Gasteiger partial charge in [-0.25, -0.2) is 0 Å². The summed E-state index contributed by atoms with van der Waals surface area (Å²) in [6, 6.07) is 3.05. The lowest BCUT2D eigenvalue weighted by Gasteiger charge is -2.43. The quantitative estimate of drug-likeness (QED) is 0.911. The Morgan fingerprint density at radius 1 is 1.33 bits per heavy atom. The lowest BCUT2D eigenvalue weighted by molar-refractivity contribution is 0.0961. The van der Waals surface area contributed by atoms with E-state index < -0.39 is 0 Å². The third-order valence-electron chi connectivity index (χ3n) is 5.50. The van der Waals surface area contributed by atoms with Crippen LogP contribution in [0.5, 0.6) is 0 Å². The second-order valence-corrected chi connectivity index (χ2v) is 8.24. The van der Waals surface area contributed by atoms with Crippen LogP contribution in [0.4, 0.5) is 0 Å². The van der Waals surface area contributed by atoms with Crippen LogP contribution in [-0.4, -0.2) is 30.6 Å². The summed E-state index contributed by atoms with van der Waals surface area (Å²) in [5.41, 5.74) is 1.59. The molecule has 1 aromatic heterocycles. The van der Waals surface area contributed by atoms with E-state index in [4.69, 9.17) is 0 Å². The van der Waals surface area contributed by atoms with Crippen molar-refractivity contribution in [1.29, 1.82) is 0 Å². The highest BCUT2D eigenvalue weighted by atomic mass is 32.1. The highest BCUT2D eigenvalue weighted by molar-refractivity contribution is 7.10. The van der Waals surface area contributed by atoms with E-state index in [0.29, 0.717) is 0 Å². The van der Waals surface area contributed by atoms with E-state index >= 15 is 0 Å². The Hall–Kier alpha value is -0.380. The first-order valence-corrected chi connectivity index (χ1v) is 9.56. The van der Waals surface area contributed by atoms with Gasteiger partial charge in [0.05, 0.1) is 0 Å². The van der Waals surface area contributed by atoms with Gasteiger partial charge in [-0.15, -0.1) is 11.3 Å². The van der Waals surface area contributed by atoms with Gasteiger partial charge < -0.3 is 5.32 Å². The zero-order valence-corrected chi connectivity index (χ0v) is 14.6. The molecule has 0 radical (unpaired) electrons. The molecule has 1 aliphatic heterocycles. The average Bonchev–Trinajstić information content (AvgIpc) is 2.90. The molecular formula is C18H30N2S. The van der Waals surface area contributed by atoms with Crippen molar-refractivity contribution in [2.24, 2.45) is 17.8 Å². The van der Waals surface area contributed by atoms with Crippen molar-refractivity contribution in [1.82, 2.24) is 10.2 Å². The van der Waals surface area contributed by atoms with E-state index in [0.717, 1.165) is 30.3 Å². The monoisotopic (exact) mass is 306 g/mol. The Bertz CT molecular complexity index is 456. The van der Waals surface area contributed by atoms with E-state index in [9.17, 15) is 0 Å². The van der Waals surface area contributed by atoms with Gasteiger partial charge in [0.25, 0.3) is 0 Å². The maximum absolute atomic E-state index is 3.77. The molecular weight excluding hydrogens is 276 g/mol. The molecule has 4 atom stereocenters. The number of rotatable bonds is 4. The molecule has 0 bridgehead atoms. The van der Waals surface area contributed by atoms with Crippen LogP contribution in [0.2, 0.25) is 0 Å². The molecule has 1 fully saturated rings. The molecule has 0 aromatic carbocycles. The van der Waals surface area contributed by atoms with E-state index in [1.807, 2.05) is 11.3 Å². The van der Waals surface area contributed by atoms with Crippen molar-refractivity contribution >= 4 is 11.3 Å². The third kappa shape index (κ3) is 3.52. The van der Waals surface area contributed by atoms with E-state index in [1.165, 1.54) is 38.9 Å². The molecule has 2 heterocycles. The molecule has 0 spiro atoms. The van der Waals surface area contributed by atoms with Crippen LogP contribution >= 0.6 is 11.3 Å². The van der Waals surface area contributed by atoms with Crippen molar-refractivity contribution in [3.8, 4) is 0 Å². The van der Waals surface area contributed by atoms with Crippen LogP contribution in [0, 0.1) is 17.8 Å². The molecule has 1 saturated carbocycles. The highest BCUT2D eigenvalue weighted by Crippen LogP contribution is 2.35. The summed E-state index contributed by atoms with van der Waals surface area (Å²) in [5.74, 6) is 2.55. The van der Waals surface area contributed by atoms with Gasteiger partial charge >= 0.3 is 0 Å². The number of thiophene rings is 1. The maximum atomic E-state index is 3.77. The minimum Gasteiger partial charge on any atom is -0.314 e. The molecule has 4 unspecified atom stereocenters. The summed E-state index contributed by atoms with van der Waals surface area (Å²) in [6.07, 6.45) is 4.03. The Kier molecular flexibility index (Phi) is 5.03. The Balaban J connectivity index is 1.65. The van der Waals surface area contributed by atoms with Crippen LogP contribution in [0.3, 0.4) is 0 Å². The van der Waals surface area contributed by atoms with Crippen LogP contribution in [0.15, 0.2) is 11.4 Å². The second kappa shape index (κ2) is 6.80. The first kappa shape index (κ1) is 15.5. The lowest BCUT2D eigenvalue weighted by Crippen LogP contribution is -2.49. The fourth-order valence-corrected chi connectivity index (χ4v) is 5.37. The van der Waals surface area contributed by atoms with Gasteiger partial charge in [-0.1, -0.05) is 20.8 Å². The topological polar surface area (TPSA) is 15.3 Å². The normalized spacial score (nSPS) is 33.9. The van der Waals surface area contributed by atoms with Gasteiger partial charge in [0, 0.05) is 30.6 Å². The second-order valence-electron chi connectivity index (χ2n) is 7.24. The first-order valence-electron chi connectivity index (χ1n) is 8.68. The molecule has 118 valence electrons. The fourth-order valence-electron chi connectivity index (χ4n) is 4.48. The van der Waals surface area contributed by atoms with Gasteiger partial charge in [0.1, 0.15) is 0 Å². The average molecular weight is 307 g/mol.